The number of hydrogen-bond donors (Lipinski definition) is 1. The fourth-order valence-electron chi connectivity index (χ4n) is 3.26. The third-order valence-electron chi connectivity index (χ3n) is 4.57. The molecule has 126 valence electrons. The molecule has 0 bridgehead atoms. The third-order valence-corrected chi connectivity index (χ3v) is 4.57. The normalized spacial score (nSPS) is 13.3. The van der Waals surface area contributed by atoms with Gasteiger partial charge in [0, 0.05) is 5.69 Å². The lowest BCUT2D eigenvalue weighted by Crippen LogP contribution is -2.13. The molecule has 0 fully saturated rings. The van der Waals surface area contributed by atoms with Crippen molar-refractivity contribution in [2.75, 3.05) is 5.32 Å². The average Bonchev–Trinajstić information content (AvgIpc) is 3.11. The summed E-state index contributed by atoms with van der Waals surface area (Å²) >= 11 is 0. The summed E-state index contributed by atoms with van der Waals surface area (Å²) in [5, 5.41) is 11.0. The molecule has 5 heteroatoms. The molecule has 0 atom stereocenters. The number of nitrogens with one attached hydrogen (secondary N) is 1. The molecule has 3 aromatic rings. The fraction of sp³-hybridized carbons (Fsp3) is 0.250. The Labute approximate surface area is 146 Å². The highest BCUT2D eigenvalue weighted by atomic mass is 16.2. The smallest absolute Gasteiger partial charge is 0.277 e. The maximum atomic E-state index is 12.4. The molecule has 1 heterocycles. The molecule has 4 rings (SSSR count). The van der Waals surface area contributed by atoms with E-state index < -0.39 is 0 Å². The maximum Gasteiger partial charge on any atom is 0.277 e. The monoisotopic (exact) mass is 332 g/mol. The van der Waals surface area contributed by atoms with Crippen molar-refractivity contribution in [3.8, 4) is 0 Å². The van der Waals surface area contributed by atoms with Crippen molar-refractivity contribution in [3.63, 3.8) is 0 Å². The van der Waals surface area contributed by atoms with Gasteiger partial charge in [-0.2, -0.15) is 0 Å². The summed E-state index contributed by atoms with van der Waals surface area (Å²) in [5.41, 5.74) is 5.01. The second-order valence-electron chi connectivity index (χ2n) is 6.43. The van der Waals surface area contributed by atoms with E-state index in [1.54, 1.807) is 10.9 Å². The first-order valence-electron chi connectivity index (χ1n) is 8.65. The second kappa shape index (κ2) is 6.89. The molecule has 1 amide bonds. The van der Waals surface area contributed by atoms with Gasteiger partial charge in [0.15, 0.2) is 5.69 Å². The largest absolute Gasteiger partial charge is 0.321 e. The van der Waals surface area contributed by atoms with Crippen LogP contribution in [-0.2, 0) is 19.4 Å². The van der Waals surface area contributed by atoms with E-state index in [9.17, 15) is 4.79 Å². The van der Waals surface area contributed by atoms with Gasteiger partial charge < -0.3 is 5.32 Å². The SMILES string of the molecule is O=C(Nc1ccc2c(c1)CCCC2)c1cn(Cc2ccccc2)nn1. The first-order valence-corrected chi connectivity index (χ1v) is 8.65. The minimum absolute atomic E-state index is 0.227. The van der Waals surface area contributed by atoms with Crippen molar-refractivity contribution in [1.29, 1.82) is 0 Å². The van der Waals surface area contributed by atoms with Gasteiger partial charge in [0.05, 0.1) is 12.7 Å². The third kappa shape index (κ3) is 3.60. The molecular weight excluding hydrogens is 312 g/mol. The number of rotatable bonds is 4. The number of anilines is 1. The van der Waals surface area contributed by atoms with Gasteiger partial charge in [-0.25, -0.2) is 4.68 Å². The molecule has 0 unspecified atom stereocenters. The quantitative estimate of drug-likeness (QED) is 0.796. The molecular formula is C20H20N4O. The number of carbonyl (C=O) groups excluding carboxylic acids is 1. The first kappa shape index (κ1) is 15.6. The van der Waals surface area contributed by atoms with Crippen LogP contribution in [-0.4, -0.2) is 20.9 Å². The van der Waals surface area contributed by atoms with Gasteiger partial charge in [-0.15, -0.1) is 5.10 Å². The van der Waals surface area contributed by atoms with Crippen LogP contribution in [0.25, 0.3) is 0 Å². The Hall–Kier alpha value is -2.95. The zero-order chi connectivity index (χ0) is 17.1. The van der Waals surface area contributed by atoms with Gasteiger partial charge >= 0.3 is 0 Å². The molecule has 0 spiro atoms. The lowest BCUT2D eigenvalue weighted by atomic mass is 9.91. The van der Waals surface area contributed by atoms with E-state index in [1.807, 2.05) is 36.4 Å². The van der Waals surface area contributed by atoms with Crippen molar-refractivity contribution in [3.05, 3.63) is 77.1 Å². The van der Waals surface area contributed by atoms with Gasteiger partial charge in [-0.05, 0) is 54.5 Å². The van der Waals surface area contributed by atoms with Crippen LogP contribution in [0.1, 0.15) is 40.0 Å². The Morgan fingerprint density at radius 1 is 1.04 bits per heavy atom. The van der Waals surface area contributed by atoms with Crippen LogP contribution in [0.5, 0.6) is 0 Å². The highest BCUT2D eigenvalue weighted by molar-refractivity contribution is 6.02. The molecule has 1 aromatic heterocycles. The summed E-state index contributed by atoms with van der Waals surface area (Å²) in [4.78, 5) is 12.4. The number of carbonyl (C=O) groups is 1. The number of nitrogens with zero attached hydrogens (tertiary/aromatic N) is 3. The maximum absolute atomic E-state index is 12.4. The van der Waals surface area contributed by atoms with Crippen molar-refractivity contribution in [2.45, 2.75) is 32.2 Å². The van der Waals surface area contributed by atoms with Gasteiger partial charge in [0.1, 0.15) is 0 Å². The summed E-state index contributed by atoms with van der Waals surface area (Å²) in [6, 6.07) is 16.2. The fourth-order valence-corrected chi connectivity index (χ4v) is 3.26. The standard InChI is InChI=1S/C20H20N4O/c25-20(21-18-11-10-16-8-4-5-9-17(16)12-18)19-14-24(23-22-19)13-15-6-2-1-3-7-15/h1-3,6-7,10-12,14H,4-5,8-9,13H2,(H,21,25). The van der Waals surface area contributed by atoms with E-state index in [2.05, 4.69) is 27.8 Å². The Balaban J connectivity index is 1.45. The summed E-state index contributed by atoms with van der Waals surface area (Å²) in [6.07, 6.45) is 6.38. The number of fused-ring (bicyclic) bond motifs is 1. The molecule has 0 aliphatic heterocycles. The number of benzene rings is 2. The Morgan fingerprint density at radius 3 is 2.68 bits per heavy atom. The number of aryl methyl sites for hydroxylation is 2. The lowest BCUT2D eigenvalue weighted by molar-refractivity contribution is 0.102. The van der Waals surface area contributed by atoms with Crippen LogP contribution < -0.4 is 5.32 Å². The molecule has 1 aliphatic rings. The van der Waals surface area contributed by atoms with E-state index in [-0.39, 0.29) is 5.91 Å². The van der Waals surface area contributed by atoms with Gasteiger partial charge in [0.2, 0.25) is 0 Å². The van der Waals surface area contributed by atoms with Crippen LogP contribution in [0.15, 0.2) is 54.7 Å². The van der Waals surface area contributed by atoms with Gasteiger partial charge in [-0.3, -0.25) is 4.79 Å². The number of hydrogen-bond acceptors (Lipinski definition) is 3. The summed E-state index contributed by atoms with van der Waals surface area (Å²) < 4.78 is 1.68. The van der Waals surface area contributed by atoms with E-state index in [0.29, 0.717) is 12.2 Å². The molecule has 0 saturated carbocycles. The van der Waals surface area contributed by atoms with Crippen molar-refractivity contribution in [2.24, 2.45) is 0 Å². The van der Waals surface area contributed by atoms with Crippen LogP contribution in [0, 0.1) is 0 Å². The molecule has 5 nitrogen and oxygen atoms in total. The molecule has 25 heavy (non-hydrogen) atoms. The van der Waals surface area contributed by atoms with E-state index in [4.69, 9.17) is 0 Å². The second-order valence-corrected chi connectivity index (χ2v) is 6.43. The summed E-state index contributed by atoms with van der Waals surface area (Å²) in [7, 11) is 0. The van der Waals surface area contributed by atoms with E-state index in [0.717, 1.165) is 24.1 Å². The lowest BCUT2D eigenvalue weighted by Gasteiger charge is -2.16. The minimum atomic E-state index is -0.227. The van der Waals surface area contributed by atoms with E-state index >= 15 is 0 Å². The highest BCUT2D eigenvalue weighted by Crippen LogP contribution is 2.24. The molecule has 0 saturated heterocycles. The average molecular weight is 332 g/mol. The van der Waals surface area contributed by atoms with Crippen molar-refractivity contribution >= 4 is 11.6 Å². The topological polar surface area (TPSA) is 59.8 Å². The molecule has 1 aliphatic carbocycles. The first-order chi connectivity index (χ1) is 12.3. The zero-order valence-corrected chi connectivity index (χ0v) is 14.0. The van der Waals surface area contributed by atoms with E-state index in [1.165, 1.54) is 24.0 Å². The predicted molar refractivity (Wildman–Crippen MR) is 96.6 cm³/mol. The van der Waals surface area contributed by atoms with Gasteiger partial charge in [-0.1, -0.05) is 41.6 Å². The number of aromatic nitrogens is 3. The van der Waals surface area contributed by atoms with Crippen LogP contribution in [0.3, 0.4) is 0 Å². The Morgan fingerprint density at radius 2 is 1.84 bits per heavy atom. The van der Waals surface area contributed by atoms with Gasteiger partial charge in [0.25, 0.3) is 5.91 Å². The summed E-state index contributed by atoms with van der Waals surface area (Å²) in [6.45, 7) is 0.597. The zero-order valence-electron chi connectivity index (χ0n) is 14.0. The van der Waals surface area contributed by atoms with Crippen LogP contribution >= 0.6 is 0 Å². The summed E-state index contributed by atoms with van der Waals surface area (Å²) in [5.74, 6) is -0.227. The van der Waals surface area contributed by atoms with Crippen molar-refractivity contribution < 1.29 is 4.79 Å². The van der Waals surface area contributed by atoms with Crippen molar-refractivity contribution in [1.82, 2.24) is 15.0 Å². The molecule has 1 N–H and O–H groups in total. The molecule has 0 radical (unpaired) electrons. The highest BCUT2D eigenvalue weighted by Gasteiger charge is 2.14. The van der Waals surface area contributed by atoms with Crippen LogP contribution in [0.2, 0.25) is 0 Å². The predicted octanol–water partition coefficient (Wildman–Crippen LogP) is 3.46. The Bertz CT molecular complexity index is 886. The molecule has 2 aromatic carbocycles. The minimum Gasteiger partial charge on any atom is -0.321 e. The number of amides is 1. The van der Waals surface area contributed by atoms with Crippen LogP contribution in [0.4, 0.5) is 5.69 Å². The Kier molecular flexibility index (Phi) is 4.29.